The molecule has 0 radical (unpaired) electrons. The van der Waals surface area contributed by atoms with Crippen LogP contribution >= 0.6 is 11.3 Å². The number of thiophene rings is 1. The molecule has 1 atom stereocenters. The summed E-state index contributed by atoms with van der Waals surface area (Å²) in [5.74, 6) is 0. The Hall–Kier alpha value is -1.16. The summed E-state index contributed by atoms with van der Waals surface area (Å²) in [6.07, 6.45) is 0.863. The maximum absolute atomic E-state index is 9.43. The molecule has 0 bridgehead atoms. The molecule has 0 spiro atoms. The molecule has 0 saturated heterocycles. The van der Waals surface area contributed by atoms with Crippen molar-refractivity contribution in [3.8, 4) is 0 Å². The highest BCUT2D eigenvalue weighted by Crippen LogP contribution is 2.15. The van der Waals surface area contributed by atoms with Crippen LogP contribution in [0.25, 0.3) is 0 Å². The smallest absolute Gasteiger partial charge is 0.0587 e. The molecule has 0 fully saturated rings. The highest BCUT2D eigenvalue weighted by Gasteiger charge is 2.09. The third kappa shape index (κ3) is 3.67. The Morgan fingerprint density at radius 2 is 2.00 bits per heavy atom. The molecule has 0 saturated carbocycles. The third-order valence-electron chi connectivity index (χ3n) is 3.06. The summed E-state index contributed by atoms with van der Waals surface area (Å²) in [6.45, 7) is 3.12. The lowest BCUT2D eigenvalue weighted by Crippen LogP contribution is -2.33. The average molecular weight is 261 g/mol. The minimum atomic E-state index is 0.119. The van der Waals surface area contributed by atoms with E-state index in [1.54, 1.807) is 11.3 Å². The third-order valence-corrected chi connectivity index (χ3v) is 4.09. The van der Waals surface area contributed by atoms with E-state index in [-0.39, 0.29) is 12.6 Å². The van der Waals surface area contributed by atoms with Crippen molar-refractivity contribution < 1.29 is 5.11 Å². The van der Waals surface area contributed by atoms with Crippen LogP contribution in [0.4, 0.5) is 0 Å². The number of rotatable bonds is 6. The Balaban J connectivity index is 1.88. The van der Waals surface area contributed by atoms with E-state index in [1.807, 2.05) is 18.2 Å². The molecular weight excluding hydrogens is 242 g/mol. The molecule has 0 amide bonds. The number of aryl methyl sites for hydroxylation is 1. The summed E-state index contributed by atoms with van der Waals surface area (Å²) in [5.41, 5.74) is 2.58. The fourth-order valence-corrected chi connectivity index (χ4v) is 2.78. The second kappa shape index (κ2) is 6.69. The van der Waals surface area contributed by atoms with Crippen LogP contribution in [0.15, 0.2) is 41.8 Å². The zero-order valence-electron chi connectivity index (χ0n) is 10.6. The Bertz CT molecular complexity index is 466. The molecule has 3 heteroatoms. The molecule has 96 valence electrons. The second-order valence-electron chi connectivity index (χ2n) is 4.48. The zero-order valence-corrected chi connectivity index (χ0v) is 11.4. The van der Waals surface area contributed by atoms with Gasteiger partial charge in [-0.1, -0.05) is 30.3 Å². The minimum Gasteiger partial charge on any atom is -0.395 e. The lowest BCUT2D eigenvalue weighted by molar-refractivity contribution is 0.241. The predicted octanol–water partition coefficient (Wildman–Crippen LogP) is 2.75. The average Bonchev–Trinajstić information content (AvgIpc) is 2.81. The van der Waals surface area contributed by atoms with Gasteiger partial charge in [-0.3, -0.25) is 0 Å². The van der Waals surface area contributed by atoms with E-state index >= 15 is 0 Å². The maximum Gasteiger partial charge on any atom is 0.0587 e. The quantitative estimate of drug-likeness (QED) is 0.838. The van der Waals surface area contributed by atoms with Gasteiger partial charge in [-0.2, -0.15) is 0 Å². The van der Waals surface area contributed by atoms with Gasteiger partial charge in [0.25, 0.3) is 0 Å². The summed E-state index contributed by atoms with van der Waals surface area (Å²) in [6, 6.07) is 12.5. The van der Waals surface area contributed by atoms with Crippen molar-refractivity contribution in [2.24, 2.45) is 0 Å². The number of aliphatic hydroxyl groups excluding tert-OH is 1. The van der Waals surface area contributed by atoms with Crippen LogP contribution < -0.4 is 5.32 Å². The van der Waals surface area contributed by atoms with E-state index in [1.165, 1.54) is 16.0 Å². The SMILES string of the molecule is Cc1ccsc1CNC(CO)Cc1ccccc1. The molecule has 18 heavy (non-hydrogen) atoms. The maximum atomic E-state index is 9.43. The summed E-state index contributed by atoms with van der Waals surface area (Å²) in [5, 5.41) is 15.0. The fourth-order valence-electron chi connectivity index (χ4n) is 1.92. The normalized spacial score (nSPS) is 12.6. The number of nitrogens with one attached hydrogen (secondary N) is 1. The molecule has 1 aromatic heterocycles. The molecule has 1 aromatic carbocycles. The van der Waals surface area contributed by atoms with Gasteiger partial charge in [0.05, 0.1) is 6.61 Å². The number of benzene rings is 1. The molecule has 2 aromatic rings. The van der Waals surface area contributed by atoms with Gasteiger partial charge in [0, 0.05) is 17.5 Å². The number of hydrogen-bond acceptors (Lipinski definition) is 3. The Morgan fingerprint density at radius 1 is 1.22 bits per heavy atom. The first-order valence-corrected chi connectivity index (χ1v) is 7.08. The molecule has 1 heterocycles. The van der Waals surface area contributed by atoms with Crippen LogP contribution in [0.2, 0.25) is 0 Å². The van der Waals surface area contributed by atoms with Crippen LogP contribution in [0.5, 0.6) is 0 Å². The molecule has 0 aliphatic heterocycles. The lowest BCUT2D eigenvalue weighted by atomic mass is 10.1. The van der Waals surface area contributed by atoms with E-state index in [4.69, 9.17) is 0 Å². The van der Waals surface area contributed by atoms with Crippen LogP contribution in [-0.4, -0.2) is 17.8 Å². The minimum absolute atomic E-state index is 0.119. The van der Waals surface area contributed by atoms with Gasteiger partial charge in [-0.05, 0) is 35.9 Å². The topological polar surface area (TPSA) is 32.3 Å². The molecule has 0 aliphatic carbocycles. The van der Waals surface area contributed by atoms with Gasteiger partial charge >= 0.3 is 0 Å². The highest BCUT2D eigenvalue weighted by atomic mass is 32.1. The molecule has 2 rings (SSSR count). The van der Waals surface area contributed by atoms with Crippen LogP contribution in [-0.2, 0) is 13.0 Å². The molecule has 0 aliphatic rings. The van der Waals surface area contributed by atoms with E-state index in [9.17, 15) is 5.11 Å². The Kier molecular flexibility index (Phi) is 4.93. The van der Waals surface area contributed by atoms with Crippen LogP contribution in [0.3, 0.4) is 0 Å². The van der Waals surface area contributed by atoms with E-state index < -0.39 is 0 Å². The van der Waals surface area contributed by atoms with Gasteiger partial charge in [-0.15, -0.1) is 11.3 Å². The van der Waals surface area contributed by atoms with Crippen molar-refractivity contribution in [3.05, 3.63) is 57.8 Å². The fraction of sp³-hybridized carbons (Fsp3) is 0.333. The first kappa shape index (κ1) is 13.3. The molecular formula is C15H19NOS. The zero-order chi connectivity index (χ0) is 12.8. The van der Waals surface area contributed by atoms with Crippen molar-refractivity contribution in [2.75, 3.05) is 6.61 Å². The molecule has 1 unspecified atom stereocenters. The second-order valence-corrected chi connectivity index (χ2v) is 5.48. The summed E-state index contributed by atoms with van der Waals surface area (Å²) in [4.78, 5) is 1.35. The predicted molar refractivity (Wildman–Crippen MR) is 76.9 cm³/mol. The van der Waals surface area contributed by atoms with E-state index in [2.05, 4.69) is 35.8 Å². The van der Waals surface area contributed by atoms with E-state index in [0.29, 0.717) is 0 Å². The Labute approximate surface area is 112 Å². The number of aliphatic hydroxyl groups is 1. The highest BCUT2D eigenvalue weighted by molar-refractivity contribution is 7.10. The Morgan fingerprint density at radius 3 is 2.61 bits per heavy atom. The molecule has 2 N–H and O–H groups in total. The van der Waals surface area contributed by atoms with Crippen molar-refractivity contribution >= 4 is 11.3 Å². The first-order chi connectivity index (χ1) is 8.79. The summed E-state index contributed by atoms with van der Waals surface area (Å²) >= 11 is 1.76. The van der Waals surface area contributed by atoms with Crippen molar-refractivity contribution in [1.29, 1.82) is 0 Å². The van der Waals surface area contributed by atoms with E-state index in [0.717, 1.165) is 13.0 Å². The monoisotopic (exact) mass is 261 g/mol. The largest absolute Gasteiger partial charge is 0.395 e. The van der Waals surface area contributed by atoms with Gasteiger partial charge in [0.1, 0.15) is 0 Å². The first-order valence-electron chi connectivity index (χ1n) is 6.20. The molecule has 2 nitrogen and oxygen atoms in total. The van der Waals surface area contributed by atoms with Gasteiger partial charge in [0.2, 0.25) is 0 Å². The van der Waals surface area contributed by atoms with Crippen molar-refractivity contribution in [1.82, 2.24) is 5.32 Å². The summed E-state index contributed by atoms with van der Waals surface area (Å²) in [7, 11) is 0. The van der Waals surface area contributed by atoms with Gasteiger partial charge in [0.15, 0.2) is 0 Å². The van der Waals surface area contributed by atoms with Gasteiger partial charge in [-0.25, -0.2) is 0 Å². The van der Waals surface area contributed by atoms with Crippen LogP contribution in [0, 0.1) is 6.92 Å². The van der Waals surface area contributed by atoms with Gasteiger partial charge < -0.3 is 10.4 Å². The summed E-state index contributed by atoms with van der Waals surface area (Å²) < 4.78 is 0. The number of hydrogen-bond donors (Lipinski definition) is 2. The van der Waals surface area contributed by atoms with Crippen molar-refractivity contribution in [2.45, 2.75) is 25.9 Å². The van der Waals surface area contributed by atoms with Crippen LogP contribution in [0.1, 0.15) is 16.0 Å². The van der Waals surface area contributed by atoms with Crippen molar-refractivity contribution in [3.63, 3.8) is 0 Å². The lowest BCUT2D eigenvalue weighted by Gasteiger charge is -2.16. The standard InChI is InChI=1S/C15H19NOS/c1-12-7-8-18-15(12)10-16-14(11-17)9-13-5-3-2-4-6-13/h2-8,14,16-17H,9-11H2,1H3.